The van der Waals surface area contributed by atoms with Gasteiger partial charge >= 0.3 is 0 Å². The molecule has 168 valence electrons. The molecule has 0 unspecified atom stereocenters. The van der Waals surface area contributed by atoms with E-state index in [0.29, 0.717) is 44.7 Å². The molecule has 0 aromatic heterocycles. The molecule has 2 saturated heterocycles. The lowest BCUT2D eigenvalue weighted by molar-refractivity contribution is -0.137. The average Bonchev–Trinajstić information content (AvgIpc) is 3.33. The number of halogens is 1. The molecule has 5 rings (SSSR count). The van der Waals surface area contributed by atoms with Crippen LogP contribution in [0.2, 0.25) is 0 Å². The lowest BCUT2D eigenvalue weighted by atomic mass is 9.93. The van der Waals surface area contributed by atoms with E-state index in [9.17, 15) is 9.59 Å². The standard InChI is InChI=1S/C25H27BrN2O4/c26-20-6-3-17(4-7-20)24(29)27-12-9-18(10-13-27)25(30)28-11-1-2-21(28)19-5-8-22-23(16-19)32-15-14-31-22/h3-8,16,18,21H,1-2,9-15H2/t21-/m0/s1. The van der Waals surface area contributed by atoms with Gasteiger partial charge in [0.25, 0.3) is 5.91 Å². The summed E-state index contributed by atoms with van der Waals surface area (Å²) < 4.78 is 12.3. The molecule has 6 nitrogen and oxygen atoms in total. The van der Waals surface area contributed by atoms with E-state index in [1.54, 1.807) is 0 Å². The van der Waals surface area contributed by atoms with Crippen LogP contribution in [0.1, 0.15) is 47.6 Å². The van der Waals surface area contributed by atoms with Gasteiger partial charge in [0.15, 0.2) is 11.5 Å². The Hall–Kier alpha value is -2.54. The number of benzene rings is 2. The van der Waals surface area contributed by atoms with Gasteiger partial charge in [0.2, 0.25) is 5.91 Å². The first-order chi connectivity index (χ1) is 15.6. The van der Waals surface area contributed by atoms with Crippen molar-refractivity contribution in [3.63, 3.8) is 0 Å². The summed E-state index contributed by atoms with van der Waals surface area (Å²) in [5.74, 6) is 1.78. The van der Waals surface area contributed by atoms with Gasteiger partial charge in [-0.1, -0.05) is 22.0 Å². The molecule has 0 radical (unpaired) electrons. The van der Waals surface area contributed by atoms with E-state index in [1.807, 2.05) is 46.2 Å². The van der Waals surface area contributed by atoms with Gasteiger partial charge in [0.05, 0.1) is 6.04 Å². The number of carbonyl (C=O) groups excluding carboxylic acids is 2. The number of rotatable bonds is 3. The molecule has 0 saturated carbocycles. The van der Waals surface area contributed by atoms with E-state index in [-0.39, 0.29) is 23.8 Å². The molecule has 2 amide bonds. The Morgan fingerprint density at radius 2 is 1.59 bits per heavy atom. The van der Waals surface area contributed by atoms with Crippen molar-refractivity contribution >= 4 is 27.7 Å². The van der Waals surface area contributed by atoms with Gasteiger partial charge < -0.3 is 19.3 Å². The van der Waals surface area contributed by atoms with Crippen molar-refractivity contribution < 1.29 is 19.1 Å². The second kappa shape index (κ2) is 9.14. The minimum atomic E-state index is -0.0261. The molecule has 7 heteroatoms. The van der Waals surface area contributed by atoms with Crippen LogP contribution in [0.3, 0.4) is 0 Å². The highest BCUT2D eigenvalue weighted by Crippen LogP contribution is 2.39. The van der Waals surface area contributed by atoms with Crippen molar-refractivity contribution in [2.24, 2.45) is 5.92 Å². The molecule has 2 aromatic carbocycles. The maximum atomic E-state index is 13.4. The highest BCUT2D eigenvalue weighted by Gasteiger charge is 2.36. The van der Waals surface area contributed by atoms with E-state index in [2.05, 4.69) is 22.0 Å². The fourth-order valence-electron chi connectivity index (χ4n) is 4.98. The topological polar surface area (TPSA) is 59.1 Å². The Labute approximate surface area is 196 Å². The Morgan fingerprint density at radius 3 is 2.34 bits per heavy atom. The Bertz CT molecular complexity index is 1000. The summed E-state index contributed by atoms with van der Waals surface area (Å²) in [6.45, 7) is 3.16. The van der Waals surface area contributed by atoms with Gasteiger partial charge in [0.1, 0.15) is 13.2 Å². The van der Waals surface area contributed by atoms with Crippen LogP contribution in [-0.4, -0.2) is 54.5 Å². The number of carbonyl (C=O) groups is 2. The van der Waals surface area contributed by atoms with Gasteiger partial charge in [-0.15, -0.1) is 0 Å². The van der Waals surface area contributed by atoms with Crippen LogP contribution < -0.4 is 9.47 Å². The summed E-state index contributed by atoms with van der Waals surface area (Å²) in [5, 5.41) is 0. The lowest BCUT2D eigenvalue weighted by Crippen LogP contribution is -2.44. The lowest BCUT2D eigenvalue weighted by Gasteiger charge is -2.35. The first-order valence-corrected chi connectivity index (χ1v) is 12.1. The number of ether oxygens (including phenoxy) is 2. The van der Waals surface area contributed by atoms with Gasteiger partial charge in [0, 0.05) is 35.6 Å². The minimum Gasteiger partial charge on any atom is -0.486 e. The predicted octanol–water partition coefficient (Wildman–Crippen LogP) is 4.44. The molecule has 3 aliphatic heterocycles. The summed E-state index contributed by atoms with van der Waals surface area (Å²) in [5.41, 5.74) is 1.80. The summed E-state index contributed by atoms with van der Waals surface area (Å²) in [4.78, 5) is 30.1. The van der Waals surface area contributed by atoms with Gasteiger partial charge in [-0.05, 0) is 67.6 Å². The second-order valence-electron chi connectivity index (χ2n) is 8.67. The summed E-state index contributed by atoms with van der Waals surface area (Å²) in [7, 11) is 0. The highest BCUT2D eigenvalue weighted by molar-refractivity contribution is 9.10. The number of hydrogen-bond acceptors (Lipinski definition) is 4. The van der Waals surface area contributed by atoms with Crippen LogP contribution >= 0.6 is 15.9 Å². The maximum absolute atomic E-state index is 13.4. The first kappa shape index (κ1) is 21.3. The van der Waals surface area contributed by atoms with Crippen molar-refractivity contribution in [2.45, 2.75) is 31.7 Å². The van der Waals surface area contributed by atoms with E-state index in [4.69, 9.17) is 9.47 Å². The second-order valence-corrected chi connectivity index (χ2v) is 9.58. The van der Waals surface area contributed by atoms with Gasteiger partial charge in [-0.2, -0.15) is 0 Å². The summed E-state index contributed by atoms with van der Waals surface area (Å²) >= 11 is 3.41. The third kappa shape index (κ3) is 4.22. The van der Waals surface area contributed by atoms with Crippen LogP contribution in [0, 0.1) is 5.92 Å². The highest BCUT2D eigenvalue weighted by atomic mass is 79.9. The molecular formula is C25H27BrN2O4. The molecule has 32 heavy (non-hydrogen) atoms. The number of likely N-dealkylation sites (tertiary alicyclic amines) is 2. The normalized spacial score (nSPS) is 21.0. The quantitative estimate of drug-likeness (QED) is 0.627. The molecule has 2 fully saturated rings. The zero-order chi connectivity index (χ0) is 22.1. The zero-order valence-electron chi connectivity index (χ0n) is 18.0. The fraction of sp³-hybridized carbons (Fsp3) is 0.440. The third-order valence-electron chi connectivity index (χ3n) is 6.71. The van der Waals surface area contributed by atoms with Gasteiger partial charge in [-0.3, -0.25) is 9.59 Å². The molecule has 0 spiro atoms. The molecule has 3 aliphatic rings. The number of piperidine rings is 1. The number of fused-ring (bicyclic) bond motifs is 1. The average molecular weight is 499 g/mol. The summed E-state index contributed by atoms with van der Waals surface area (Å²) in [6.07, 6.45) is 3.40. The van der Waals surface area contributed by atoms with E-state index < -0.39 is 0 Å². The third-order valence-corrected chi connectivity index (χ3v) is 7.24. The molecular weight excluding hydrogens is 472 g/mol. The van der Waals surface area contributed by atoms with E-state index in [1.165, 1.54) is 0 Å². The smallest absolute Gasteiger partial charge is 0.253 e. The SMILES string of the molecule is O=C(c1ccc(Br)cc1)N1CCC(C(=O)N2CCC[C@H]2c2ccc3c(c2)OCCO3)CC1. The Balaban J connectivity index is 1.23. The molecule has 2 aromatic rings. The molecule has 1 atom stereocenters. The Morgan fingerprint density at radius 1 is 0.875 bits per heavy atom. The molecule has 0 N–H and O–H groups in total. The van der Waals surface area contributed by atoms with Crippen LogP contribution in [0.15, 0.2) is 46.9 Å². The maximum Gasteiger partial charge on any atom is 0.253 e. The van der Waals surface area contributed by atoms with Crippen molar-refractivity contribution in [1.29, 1.82) is 0 Å². The molecule has 0 bridgehead atoms. The van der Waals surface area contributed by atoms with Crippen LogP contribution in [0.4, 0.5) is 0 Å². The van der Waals surface area contributed by atoms with Crippen molar-refractivity contribution in [3.05, 3.63) is 58.1 Å². The monoisotopic (exact) mass is 498 g/mol. The number of hydrogen-bond donors (Lipinski definition) is 0. The van der Waals surface area contributed by atoms with Crippen LogP contribution in [0.25, 0.3) is 0 Å². The van der Waals surface area contributed by atoms with Crippen molar-refractivity contribution in [3.8, 4) is 11.5 Å². The summed E-state index contributed by atoms with van der Waals surface area (Å²) in [6, 6.07) is 13.6. The van der Waals surface area contributed by atoms with E-state index >= 15 is 0 Å². The predicted molar refractivity (Wildman–Crippen MR) is 124 cm³/mol. The number of amides is 2. The Kier molecular flexibility index (Phi) is 6.09. The first-order valence-electron chi connectivity index (χ1n) is 11.3. The zero-order valence-corrected chi connectivity index (χ0v) is 19.6. The number of nitrogens with zero attached hydrogens (tertiary/aromatic N) is 2. The van der Waals surface area contributed by atoms with E-state index in [0.717, 1.165) is 40.9 Å². The van der Waals surface area contributed by atoms with Gasteiger partial charge in [-0.25, -0.2) is 0 Å². The minimum absolute atomic E-state index is 0.0261. The van der Waals surface area contributed by atoms with Crippen molar-refractivity contribution in [1.82, 2.24) is 9.80 Å². The van der Waals surface area contributed by atoms with Crippen LogP contribution in [0.5, 0.6) is 11.5 Å². The molecule has 3 heterocycles. The largest absolute Gasteiger partial charge is 0.486 e. The fourth-order valence-corrected chi connectivity index (χ4v) is 5.25. The molecule has 0 aliphatic carbocycles. The van der Waals surface area contributed by atoms with Crippen LogP contribution in [-0.2, 0) is 4.79 Å². The van der Waals surface area contributed by atoms with Crippen molar-refractivity contribution in [2.75, 3.05) is 32.8 Å².